The molecule has 1 heterocycles. The first-order valence-corrected chi connectivity index (χ1v) is 10.9. The Balaban J connectivity index is 1.82. The number of guanidine groups is 1. The van der Waals surface area contributed by atoms with Gasteiger partial charge < -0.3 is 24.6 Å². The number of amides is 1. The summed E-state index contributed by atoms with van der Waals surface area (Å²) < 4.78 is 10.9. The molecule has 1 fully saturated rings. The van der Waals surface area contributed by atoms with E-state index in [-0.39, 0.29) is 11.3 Å². The van der Waals surface area contributed by atoms with Gasteiger partial charge in [0.1, 0.15) is 0 Å². The minimum atomic E-state index is -0.353. The van der Waals surface area contributed by atoms with Crippen LogP contribution < -0.4 is 14.8 Å². The summed E-state index contributed by atoms with van der Waals surface area (Å²) in [5, 5.41) is 3.44. The van der Waals surface area contributed by atoms with Crippen molar-refractivity contribution in [3.05, 3.63) is 23.3 Å². The Morgan fingerprint density at radius 1 is 1.17 bits per heavy atom. The zero-order chi connectivity index (χ0) is 21.7. The molecule has 0 spiro atoms. The number of nitrogens with one attached hydrogen (secondary N) is 1. The molecule has 30 heavy (non-hydrogen) atoms. The van der Waals surface area contributed by atoms with Crippen molar-refractivity contribution < 1.29 is 14.3 Å². The number of methoxy groups -OCH3 is 2. The molecule has 0 aromatic heterocycles. The number of nitrogens with zero attached hydrogens (tertiary/aromatic N) is 3. The Kier molecular flexibility index (Phi) is 7.10. The van der Waals surface area contributed by atoms with E-state index in [1.807, 2.05) is 14.1 Å². The molecule has 0 unspecified atom stereocenters. The number of fused-ring (bicyclic) bond motifs is 1. The predicted octanol–water partition coefficient (Wildman–Crippen LogP) is 2.68. The third kappa shape index (κ3) is 4.50. The summed E-state index contributed by atoms with van der Waals surface area (Å²) in [5.41, 5.74) is 2.16. The lowest BCUT2D eigenvalue weighted by Crippen LogP contribution is -2.46. The fourth-order valence-electron chi connectivity index (χ4n) is 4.68. The molecule has 1 aromatic carbocycles. The standard InChI is InChI=1S/C23H36N4O3/c1-6-24-22(25-16-23(10-7-8-11-23)21(28)26(2)3)27-12-9-17-13-19(29-4)20(30-5)14-18(17)15-27/h13-14H,6-12,15-16H2,1-5H3,(H,24,25). The minimum absolute atomic E-state index is 0.209. The molecule has 2 aliphatic rings. The van der Waals surface area contributed by atoms with Crippen LogP contribution in [0.1, 0.15) is 43.7 Å². The van der Waals surface area contributed by atoms with E-state index in [1.54, 1.807) is 19.1 Å². The second kappa shape index (κ2) is 9.58. The smallest absolute Gasteiger partial charge is 0.230 e. The van der Waals surface area contributed by atoms with Gasteiger partial charge in [-0.2, -0.15) is 0 Å². The SMILES string of the molecule is CCNC(=NCC1(C(=O)N(C)C)CCCC1)N1CCc2cc(OC)c(OC)cc2C1. The molecule has 3 rings (SSSR count). The van der Waals surface area contributed by atoms with Crippen LogP contribution in [0.25, 0.3) is 0 Å². The van der Waals surface area contributed by atoms with E-state index in [9.17, 15) is 4.79 Å². The molecule has 1 saturated carbocycles. The van der Waals surface area contributed by atoms with E-state index in [4.69, 9.17) is 14.5 Å². The maximum Gasteiger partial charge on any atom is 0.230 e. The van der Waals surface area contributed by atoms with Crippen LogP contribution in [0.4, 0.5) is 0 Å². The second-order valence-electron chi connectivity index (χ2n) is 8.50. The van der Waals surface area contributed by atoms with Crippen LogP contribution in [-0.4, -0.2) is 69.6 Å². The average Bonchev–Trinajstić information content (AvgIpc) is 3.24. The van der Waals surface area contributed by atoms with Gasteiger partial charge in [0.15, 0.2) is 17.5 Å². The monoisotopic (exact) mass is 416 g/mol. The van der Waals surface area contributed by atoms with Gasteiger partial charge in [0.25, 0.3) is 0 Å². The Bertz CT molecular complexity index is 785. The number of rotatable bonds is 6. The summed E-state index contributed by atoms with van der Waals surface area (Å²) in [6, 6.07) is 4.15. The van der Waals surface area contributed by atoms with Crippen LogP contribution in [0, 0.1) is 5.41 Å². The first kappa shape index (κ1) is 22.2. The molecule has 7 nitrogen and oxygen atoms in total. The van der Waals surface area contributed by atoms with Crippen molar-refractivity contribution in [2.45, 2.75) is 45.6 Å². The highest BCUT2D eigenvalue weighted by atomic mass is 16.5. The first-order chi connectivity index (χ1) is 14.4. The molecule has 1 N–H and O–H groups in total. The van der Waals surface area contributed by atoms with E-state index >= 15 is 0 Å². The fraction of sp³-hybridized carbons (Fsp3) is 0.652. The lowest BCUT2D eigenvalue weighted by Gasteiger charge is -2.34. The Labute approximate surface area is 180 Å². The Morgan fingerprint density at radius 2 is 1.80 bits per heavy atom. The van der Waals surface area contributed by atoms with Gasteiger partial charge >= 0.3 is 0 Å². The van der Waals surface area contributed by atoms with Gasteiger partial charge in [0.2, 0.25) is 5.91 Å². The number of benzene rings is 1. The molecule has 0 radical (unpaired) electrons. The number of ether oxygens (including phenoxy) is 2. The molecule has 166 valence electrons. The van der Waals surface area contributed by atoms with Crippen LogP contribution in [0.2, 0.25) is 0 Å². The molecule has 7 heteroatoms. The van der Waals surface area contributed by atoms with E-state index in [1.165, 1.54) is 11.1 Å². The van der Waals surface area contributed by atoms with Crippen LogP contribution in [-0.2, 0) is 17.8 Å². The average molecular weight is 417 g/mol. The summed E-state index contributed by atoms with van der Waals surface area (Å²) in [7, 11) is 7.03. The van der Waals surface area contributed by atoms with Gasteiger partial charge in [0, 0.05) is 33.7 Å². The molecule has 1 amide bonds. The van der Waals surface area contributed by atoms with Crippen LogP contribution >= 0.6 is 0 Å². The van der Waals surface area contributed by atoms with Gasteiger partial charge in [-0.15, -0.1) is 0 Å². The molecule has 1 aromatic rings. The van der Waals surface area contributed by atoms with Crippen LogP contribution in [0.5, 0.6) is 11.5 Å². The number of hydrogen-bond donors (Lipinski definition) is 1. The summed E-state index contributed by atoms with van der Waals surface area (Å²) in [5.74, 6) is 2.62. The van der Waals surface area contributed by atoms with Crippen molar-refractivity contribution in [1.29, 1.82) is 0 Å². The summed E-state index contributed by atoms with van der Waals surface area (Å²) in [6.07, 6.45) is 4.97. The molecule has 0 saturated heterocycles. The van der Waals surface area contributed by atoms with Gasteiger partial charge in [-0.1, -0.05) is 12.8 Å². The summed E-state index contributed by atoms with van der Waals surface area (Å²) in [4.78, 5) is 21.9. The quantitative estimate of drug-likeness (QED) is 0.571. The lowest BCUT2D eigenvalue weighted by atomic mass is 9.85. The van der Waals surface area contributed by atoms with Gasteiger partial charge in [-0.05, 0) is 49.4 Å². The topological polar surface area (TPSA) is 66.4 Å². The number of carbonyl (C=O) groups is 1. The number of carbonyl (C=O) groups excluding carboxylic acids is 1. The predicted molar refractivity (Wildman–Crippen MR) is 119 cm³/mol. The highest BCUT2D eigenvalue weighted by molar-refractivity contribution is 5.84. The molecular weight excluding hydrogens is 380 g/mol. The molecule has 0 atom stereocenters. The van der Waals surface area contributed by atoms with E-state index < -0.39 is 0 Å². The molecule has 1 aliphatic heterocycles. The third-order valence-electron chi connectivity index (χ3n) is 6.30. The Morgan fingerprint density at radius 3 is 2.37 bits per heavy atom. The van der Waals surface area contributed by atoms with Crippen LogP contribution in [0.15, 0.2) is 17.1 Å². The summed E-state index contributed by atoms with van der Waals surface area (Å²) >= 11 is 0. The van der Waals surface area contributed by atoms with Crippen LogP contribution in [0.3, 0.4) is 0 Å². The molecule has 1 aliphatic carbocycles. The van der Waals surface area contributed by atoms with Gasteiger partial charge in [-0.3, -0.25) is 9.79 Å². The van der Waals surface area contributed by atoms with Crippen molar-refractivity contribution in [2.24, 2.45) is 10.4 Å². The van der Waals surface area contributed by atoms with Gasteiger partial charge in [-0.25, -0.2) is 0 Å². The number of aliphatic imine (C=N–C) groups is 1. The van der Waals surface area contributed by atoms with Crippen molar-refractivity contribution >= 4 is 11.9 Å². The van der Waals surface area contributed by atoms with E-state index in [2.05, 4.69) is 29.3 Å². The second-order valence-corrected chi connectivity index (χ2v) is 8.50. The van der Waals surface area contributed by atoms with Crippen molar-refractivity contribution in [3.8, 4) is 11.5 Å². The summed E-state index contributed by atoms with van der Waals surface area (Å²) in [6.45, 7) is 5.06. The normalized spacial score (nSPS) is 18.0. The lowest BCUT2D eigenvalue weighted by molar-refractivity contribution is -0.138. The van der Waals surface area contributed by atoms with E-state index in [0.717, 1.165) is 69.2 Å². The minimum Gasteiger partial charge on any atom is -0.493 e. The largest absolute Gasteiger partial charge is 0.493 e. The zero-order valence-corrected chi connectivity index (χ0v) is 19.1. The third-order valence-corrected chi connectivity index (χ3v) is 6.30. The first-order valence-electron chi connectivity index (χ1n) is 10.9. The Hall–Kier alpha value is -2.44. The maximum atomic E-state index is 12.9. The van der Waals surface area contributed by atoms with Gasteiger partial charge in [0.05, 0.1) is 26.2 Å². The maximum absolute atomic E-state index is 12.9. The van der Waals surface area contributed by atoms with Crippen molar-refractivity contribution in [2.75, 3.05) is 47.9 Å². The van der Waals surface area contributed by atoms with Crippen molar-refractivity contribution in [3.63, 3.8) is 0 Å². The molecule has 0 bridgehead atoms. The molecular formula is C23H36N4O3. The highest BCUT2D eigenvalue weighted by Crippen LogP contribution is 2.40. The zero-order valence-electron chi connectivity index (χ0n) is 19.1. The van der Waals surface area contributed by atoms with Crippen molar-refractivity contribution in [1.82, 2.24) is 15.1 Å². The fourth-order valence-corrected chi connectivity index (χ4v) is 4.68. The number of hydrogen-bond acceptors (Lipinski definition) is 4. The van der Waals surface area contributed by atoms with E-state index in [0.29, 0.717) is 6.54 Å². The highest BCUT2D eigenvalue weighted by Gasteiger charge is 2.42.